The number of amides is 1. The number of aryl methyl sites for hydroxylation is 2. The number of carbonyl (C=O) groups excluding carboxylic acids is 1. The van der Waals surface area contributed by atoms with Crippen LogP contribution in [0.3, 0.4) is 0 Å². The molecule has 0 spiro atoms. The lowest BCUT2D eigenvalue weighted by molar-refractivity contribution is -0.117. The van der Waals surface area contributed by atoms with E-state index in [9.17, 15) is 13.2 Å². The fourth-order valence-electron chi connectivity index (χ4n) is 2.34. The van der Waals surface area contributed by atoms with Gasteiger partial charge in [0.1, 0.15) is 5.25 Å². The molecule has 1 unspecified atom stereocenters. The molecule has 0 saturated carbocycles. The number of nitrogens with zero attached hydrogens (tertiary/aromatic N) is 1. The molecule has 0 aromatic heterocycles. The Morgan fingerprint density at radius 3 is 2.28 bits per heavy atom. The quantitative estimate of drug-likeness (QED) is 0.857. The van der Waals surface area contributed by atoms with Gasteiger partial charge in [0.25, 0.3) is 0 Å². The largest absolute Gasteiger partial charge is 0.310 e. The molecule has 0 bridgehead atoms. The zero-order valence-corrected chi connectivity index (χ0v) is 11.2. The van der Waals surface area contributed by atoms with Crippen molar-refractivity contribution < 1.29 is 13.2 Å². The third-order valence-corrected chi connectivity index (χ3v) is 4.51. The van der Waals surface area contributed by atoms with Gasteiger partial charge in [-0.15, -0.1) is 0 Å². The molecule has 2 rings (SSSR count). The van der Waals surface area contributed by atoms with Gasteiger partial charge >= 0.3 is 0 Å². The molecule has 18 heavy (non-hydrogen) atoms. The predicted octanol–water partition coefficient (Wildman–Crippen LogP) is 0.697. The number of hydrogen-bond donors (Lipinski definition) is 1. The summed E-state index contributed by atoms with van der Waals surface area (Å²) in [5, 5.41) is 4.31. The summed E-state index contributed by atoms with van der Waals surface area (Å²) in [5.74, 6) is -0.188. The SMILES string of the molecule is Cc1cccc(C)c1N1CC(S(N)(=O)=O)CC1=O. The van der Waals surface area contributed by atoms with Crippen molar-refractivity contribution in [3.05, 3.63) is 29.3 Å². The highest BCUT2D eigenvalue weighted by Gasteiger charge is 2.37. The molecular weight excluding hydrogens is 252 g/mol. The van der Waals surface area contributed by atoms with E-state index in [0.29, 0.717) is 0 Å². The molecular formula is C12H16N2O3S. The number of benzene rings is 1. The number of rotatable bonds is 2. The van der Waals surface area contributed by atoms with E-state index < -0.39 is 15.3 Å². The third-order valence-electron chi connectivity index (χ3n) is 3.26. The normalized spacial score (nSPS) is 20.5. The first-order chi connectivity index (χ1) is 8.30. The monoisotopic (exact) mass is 268 g/mol. The van der Waals surface area contributed by atoms with Crippen molar-refractivity contribution in [2.75, 3.05) is 11.4 Å². The van der Waals surface area contributed by atoms with E-state index in [2.05, 4.69) is 0 Å². The first-order valence-corrected chi connectivity index (χ1v) is 7.30. The fourth-order valence-corrected chi connectivity index (χ4v) is 3.07. The van der Waals surface area contributed by atoms with Crippen molar-refractivity contribution in [2.45, 2.75) is 25.5 Å². The van der Waals surface area contributed by atoms with Crippen LogP contribution in [0.2, 0.25) is 0 Å². The van der Waals surface area contributed by atoms with Gasteiger partial charge in [0.15, 0.2) is 0 Å². The van der Waals surface area contributed by atoms with Gasteiger partial charge in [0, 0.05) is 18.7 Å². The number of primary sulfonamides is 1. The number of para-hydroxylation sites is 1. The minimum atomic E-state index is -3.66. The van der Waals surface area contributed by atoms with Crippen LogP contribution in [-0.4, -0.2) is 26.1 Å². The van der Waals surface area contributed by atoms with Crippen LogP contribution in [0.25, 0.3) is 0 Å². The highest BCUT2D eigenvalue weighted by atomic mass is 32.2. The van der Waals surface area contributed by atoms with Crippen molar-refractivity contribution in [2.24, 2.45) is 5.14 Å². The number of sulfonamides is 1. The minimum Gasteiger partial charge on any atom is -0.310 e. The minimum absolute atomic E-state index is 0.0351. The predicted molar refractivity (Wildman–Crippen MR) is 69.8 cm³/mol. The van der Waals surface area contributed by atoms with Gasteiger partial charge in [-0.1, -0.05) is 18.2 Å². The Hall–Kier alpha value is -1.40. The number of hydrogen-bond acceptors (Lipinski definition) is 3. The lowest BCUT2D eigenvalue weighted by atomic mass is 10.1. The maximum atomic E-state index is 11.9. The van der Waals surface area contributed by atoms with Crippen molar-refractivity contribution >= 4 is 21.6 Å². The lowest BCUT2D eigenvalue weighted by Gasteiger charge is -2.21. The van der Waals surface area contributed by atoms with E-state index >= 15 is 0 Å². The molecule has 2 N–H and O–H groups in total. The molecule has 5 nitrogen and oxygen atoms in total. The van der Waals surface area contributed by atoms with Crippen molar-refractivity contribution in [3.63, 3.8) is 0 Å². The molecule has 1 fully saturated rings. The molecule has 0 aliphatic carbocycles. The molecule has 1 heterocycles. The van der Waals surface area contributed by atoms with Gasteiger partial charge in [-0.2, -0.15) is 0 Å². The second kappa shape index (κ2) is 4.37. The third kappa shape index (κ3) is 2.26. The Bertz CT molecular complexity index is 575. The van der Waals surface area contributed by atoms with E-state index in [1.54, 1.807) is 0 Å². The van der Waals surface area contributed by atoms with Gasteiger partial charge in [0.2, 0.25) is 15.9 Å². The van der Waals surface area contributed by atoms with Gasteiger partial charge in [-0.25, -0.2) is 13.6 Å². The number of nitrogens with two attached hydrogens (primary N) is 1. The van der Waals surface area contributed by atoms with Crippen LogP contribution >= 0.6 is 0 Å². The smallest absolute Gasteiger partial charge is 0.228 e. The second-order valence-corrected chi connectivity index (χ2v) is 6.50. The van der Waals surface area contributed by atoms with E-state index in [-0.39, 0.29) is 18.9 Å². The van der Waals surface area contributed by atoms with Crippen LogP contribution in [0.1, 0.15) is 17.5 Å². The molecule has 98 valence electrons. The van der Waals surface area contributed by atoms with E-state index in [0.717, 1.165) is 16.8 Å². The number of carbonyl (C=O) groups is 1. The summed E-state index contributed by atoms with van der Waals surface area (Å²) in [5.41, 5.74) is 2.71. The molecule has 1 saturated heterocycles. The van der Waals surface area contributed by atoms with E-state index in [1.807, 2.05) is 32.0 Å². The summed E-state index contributed by atoms with van der Waals surface area (Å²) in [6.45, 7) is 3.95. The first-order valence-electron chi connectivity index (χ1n) is 5.69. The van der Waals surface area contributed by atoms with E-state index in [4.69, 9.17) is 5.14 Å². The van der Waals surface area contributed by atoms with Gasteiger partial charge < -0.3 is 4.90 Å². The van der Waals surface area contributed by atoms with Crippen molar-refractivity contribution in [1.82, 2.24) is 0 Å². The average molecular weight is 268 g/mol. The Labute approximate surface area is 107 Å². The second-order valence-electron chi connectivity index (χ2n) is 4.66. The van der Waals surface area contributed by atoms with Crippen molar-refractivity contribution in [1.29, 1.82) is 0 Å². The van der Waals surface area contributed by atoms with Gasteiger partial charge in [-0.05, 0) is 25.0 Å². The molecule has 1 aliphatic heterocycles. The van der Waals surface area contributed by atoms with Crippen molar-refractivity contribution in [3.8, 4) is 0 Å². The van der Waals surface area contributed by atoms with E-state index in [1.165, 1.54) is 4.90 Å². The summed E-state index contributed by atoms with van der Waals surface area (Å²) in [7, 11) is -3.66. The molecule has 1 aliphatic rings. The van der Waals surface area contributed by atoms with Gasteiger partial charge in [0.05, 0.1) is 0 Å². The van der Waals surface area contributed by atoms with Crippen LogP contribution in [0.4, 0.5) is 5.69 Å². The summed E-state index contributed by atoms with van der Waals surface area (Å²) < 4.78 is 22.6. The van der Waals surface area contributed by atoms with Crippen LogP contribution < -0.4 is 10.0 Å². The van der Waals surface area contributed by atoms with Crippen LogP contribution in [-0.2, 0) is 14.8 Å². The van der Waals surface area contributed by atoms with Crippen LogP contribution in [0.15, 0.2) is 18.2 Å². The molecule has 0 radical (unpaired) electrons. The summed E-state index contributed by atoms with van der Waals surface area (Å²) >= 11 is 0. The summed E-state index contributed by atoms with van der Waals surface area (Å²) in [6.07, 6.45) is -0.0351. The van der Waals surface area contributed by atoms with Crippen LogP contribution in [0.5, 0.6) is 0 Å². The zero-order valence-electron chi connectivity index (χ0n) is 10.4. The molecule has 1 amide bonds. The Morgan fingerprint density at radius 2 is 1.83 bits per heavy atom. The molecule has 1 aromatic rings. The highest BCUT2D eigenvalue weighted by Crippen LogP contribution is 2.29. The molecule has 6 heteroatoms. The summed E-state index contributed by atoms with van der Waals surface area (Å²) in [6, 6.07) is 5.71. The molecule has 1 atom stereocenters. The maximum Gasteiger partial charge on any atom is 0.228 e. The topological polar surface area (TPSA) is 80.5 Å². The standard InChI is InChI=1S/C12H16N2O3S/c1-8-4-3-5-9(2)12(8)14-7-10(6-11(14)15)18(13,16)17/h3-5,10H,6-7H2,1-2H3,(H2,13,16,17). The molecule has 1 aromatic carbocycles. The number of anilines is 1. The maximum absolute atomic E-state index is 11.9. The fraction of sp³-hybridized carbons (Fsp3) is 0.417. The Morgan fingerprint density at radius 1 is 1.28 bits per heavy atom. The Kier molecular flexibility index (Phi) is 3.16. The van der Waals surface area contributed by atoms with Gasteiger partial charge in [-0.3, -0.25) is 4.79 Å². The summed E-state index contributed by atoms with van der Waals surface area (Å²) in [4.78, 5) is 13.5. The highest BCUT2D eigenvalue weighted by molar-refractivity contribution is 7.89. The van der Waals surface area contributed by atoms with Crippen LogP contribution in [0, 0.1) is 13.8 Å². The first kappa shape index (κ1) is 13.0. The Balaban J connectivity index is 2.39. The zero-order chi connectivity index (χ0) is 13.5. The lowest BCUT2D eigenvalue weighted by Crippen LogP contribution is -2.32. The average Bonchev–Trinajstić information content (AvgIpc) is 2.60.